The second-order valence-electron chi connectivity index (χ2n) is 8.62. The molecule has 3 heterocycles. The van der Waals surface area contributed by atoms with Gasteiger partial charge in [0.1, 0.15) is 17.2 Å². The zero-order valence-corrected chi connectivity index (χ0v) is 21.6. The van der Waals surface area contributed by atoms with Gasteiger partial charge in [0.15, 0.2) is 11.6 Å². The maximum Gasteiger partial charge on any atom is 0.243 e. The number of benzene rings is 2. The van der Waals surface area contributed by atoms with E-state index >= 15 is 0 Å². The fourth-order valence-electron chi connectivity index (χ4n) is 4.44. The maximum atomic E-state index is 13.6. The Morgan fingerprint density at radius 2 is 1.66 bits per heavy atom. The van der Waals surface area contributed by atoms with Crippen molar-refractivity contribution in [2.75, 3.05) is 36.9 Å². The van der Waals surface area contributed by atoms with Gasteiger partial charge in [-0.15, -0.1) is 10.2 Å². The van der Waals surface area contributed by atoms with E-state index in [2.05, 4.69) is 24.9 Å². The van der Waals surface area contributed by atoms with Gasteiger partial charge in [0.05, 0.1) is 31.9 Å². The van der Waals surface area contributed by atoms with Gasteiger partial charge in [0.25, 0.3) is 0 Å². The van der Waals surface area contributed by atoms with Crippen molar-refractivity contribution in [3.8, 4) is 28.6 Å². The topological polar surface area (TPSA) is 124 Å². The molecule has 13 heteroatoms. The van der Waals surface area contributed by atoms with Crippen LogP contribution in [-0.4, -0.2) is 65.7 Å². The van der Waals surface area contributed by atoms with E-state index in [1.54, 1.807) is 27.7 Å². The lowest BCUT2D eigenvalue weighted by atomic mass is 10.1. The van der Waals surface area contributed by atoms with E-state index < -0.39 is 21.1 Å². The molecule has 0 aliphatic carbocycles. The van der Waals surface area contributed by atoms with Gasteiger partial charge in [0.2, 0.25) is 21.9 Å². The SMILES string of the molecule is COc1cccc(OC)c1-n1c(NS(=O)(=O)[C@@H]2CCCN(c3ncc(F)cn3)C2)nnc1-c1ccccc1. The number of nitrogens with zero attached hydrogens (tertiary/aromatic N) is 6. The Bertz CT molecular complexity index is 1490. The summed E-state index contributed by atoms with van der Waals surface area (Å²) in [5.41, 5.74) is 1.17. The van der Waals surface area contributed by atoms with Crippen LogP contribution in [0.4, 0.5) is 16.3 Å². The average Bonchev–Trinajstić information content (AvgIpc) is 3.35. The molecule has 0 bridgehead atoms. The summed E-state index contributed by atoms with van der Waals surface area (Å²) in [6.07, 6.45) is 3.14. The molecular weight excluding hydrogens is 513 g/mol. The van der Waals surface area contributed by atoms with Gasteiger partial charge in [0, 0.05) is 18.7 Å². The highest BCUT2D eigenvalue weighted by Crippen LogP contribution is 2.38. The van der Waals surface area contributed by atoms with Gasteiger partial charge < -0.3 is 14.4 Å². The summed E-state index contributed by atoms with van der Waals surface area (Å²) in [5, 5.41) is 7.74. The van der Waals surface area contributed by atoms with Crippen LogP contribution in [0.3, 0.4) is 0 Å². The molecule has 2 aromatic heterocycles. The quantitative estimate of drug-likeness (QED) is 0.359. The van der Waals surface area contributed by atoms with Gasteiger partial charge in [-0.05, 0) is 25.0 Å². The largest absolute Gasteiger partial charge is 0.494 e. The predicted molar refractivity (Wildman–Crippen MR) is 140 cm³/mol. The van der Waals surface area contributed by atoms with E-state index in [1.807, 2.05) is 30.3 Å². The fraction of sp³-hybridized carbons (Fsp3) is 0.280. The molecule has 1 fully saturated rings. The Morgan fingerprint density at radius 1 is 0.974 bits per heavy atom. The molecule has 198 valence electrons. The Hall–Kier alpha value is -4.26. The monoisotopic (exact) mass is 539 g/mol. The zero-order chi connectivity index (χ0) is 26.7. The van der Waals surface area contributed by atoms with Crippen LogP contribution in [0.25, 0.3) is 17.1 Å². The predicted octanol–water partition coefficient (Wildman–Crippen LogP) is 3.29. The number of rotatable bonds is 8. The van der Waals surface area contributed by atoms with Crippen LogP contribution in [0.5, 0.6) is 11.5 Å². The Kier molecular flexibility index (Phi) is 7.09. The van der Waals surface area contributed by atoms with Crippen LogP contribution < -0.4 is 19.1 Å². The Balaban J connectivity index is 1.54. The number of hydrogen-bond donors (Lipinski definition) is 1. The number of para-hydroxylation sites is 1. The first-order valence-electron chi connectivity index (χ1n) is 11.9. The van der Waals surface area contributed by atoms with Gasteiger partial charge in [-0.1, -0.05) is 36.4 Å². The highest BCUT2D eigenvalue weighted by Gasteiger charge is 2.34. The van der Waals surface area contributed by atoms with Crippen LogP contribution in [0.2, 0.25) is 0 Å². The molecule has 38 heavy (non-hydrogen) atoms. The van der Waals surface area contributed by atoms with Crippen LogP contribution in [0.1, 0.15) is 12.8 Å². The lowest BCUT2D eigenvalue weighted by molar-refractivity contribution is 0.391. The smallest absolute Gasteiger partial charge is 0.243 e. The van der Waals surface area contributed by atoms with Gasteiger partial charge >= 0.3 is 0 Å². The summed E-state index contributed by atoms with van der Waals surface area (Å²) >= 11 is 0. The van der Waals surface area contributed by atoms with Crippen molar-refractivity contribution in [1.29, 1.82) is 0 Å². The Morgan fingerprint density at radius 3 is 2.32 bits per heavy atom. The van der Waals surface area contributed by atoms with Crippen molar-refractivity contribution in [1.82, 2.24) is 24.7 Å². The summed E-state index contributed by atoms with van der Waals surface area (Å²) in [6.45, 7) is 0.697. The molecule has 0 unspecified atom stereocenters. The first kappa shape index (κ1) is 25.4. The summed E-state index contributed by atoms with van der Waals surface area (Å²) < 4.78 is 56.0. The van der Waals surface area contributed by atoms with Crippen LogP contribution in [-0.2, 0) is 10.0 Å². The molecule has 5 rings (SSSR count). The van der Waals surface area contributed by atoms with E-state index in [0.717, 1.165) is 18.0 Å². The minimum Gasteiger partial charge on any atom is -0.494 e. The molecule has 1 atom stereocenters. The molecule has 11 nitrogen and oxygen atoms in total. The van der Waals surface area contributed by atoms with E-state index in [1.165, 1.54) is 14.2 Å². The normalized spacial score (nSPS) is 15.8. The zero-order valence-electron chi connectivity index (χ0n) is 20.8. The Labute approximate surface area is 219 Å². The molecule has 1 aliphatic heterocycles. The molecule has 1 saturated heterocycles. The maximum absolute atomic E-state index is 13.6. The van der Waals surface area contributed by atoms with E-state index in [-0.39, 0.29) is 18.4 Å². The number of piperidine rings is 1. The average molecular weight is 540 g/mol. The van der Waals surface area contributed by atoms with E-state index in [4.69, 9.17) is 9.47 Å². The minimum atomic E-state index is -3.95. The molecule has 4 aromatic rings. The van der Waals surface area contributed by atoms with Crippen LogP contribution in [0.15, 0.2) is 60.9 Å². The summed E-state index contributed by atoms with van der Waals surface area (Å²) in [4.78, 5) is 9.74. The molecule has 0 saturated carbocycles. The number of nitrogens with one attached hydrogen (secondary N) is 1. The van der Waals surface area contributed by atoms with E-state index in [9.17, 15) is 12.8 Å². The molecular formula is C25H26FN7O4S. The summed E-state index contributed by atoms with van der Waals surface area (Å²) in [7, 11) is -0.917. The fourth-order valence-corrected chi connectivity index (χ4v) is 5.85. The van der Waals surface area contributed by atoms with Gasteiger partial charge in [-0.25, -0.2) is 22.8 Å². The highest BCUT2D eigenvalue weighted by atomic mass is 32.2. The standard InChI is InChI=1S/C25H26FN7O4S/c1-36-20-11-6-12-21(37-2)22(20)33-23(17-8-4-3-5-9-17)29-30-25(33)31-38(34,35)19-10-7-13-32(16-19)24-27-14-18(26)15-28-24/h3-6,8-9,11-12,14-15,19H,7,10,13,16H2,1-2H3,(H,30,31)/t19-/m1/s1. The number of halogens is 1. The summed E-state index contributed by atoms with van der Waals surface area (Å²) in [5.74, 6) is 0.993. The molecule has 0 radical (unpaired) electrons. The number of hydrogen-bond acceptors (Lipinski definition) is 9. The molecule has 2 aromatic carbocycles. The summed E-state index contributed by atoms with van der Waals surface area (Å²) in [6, 6.07) is 14.5. The number of aromatic nitrogens is 5. The minimum absolute atomic E-state index is 0.0122. The van der Waals surface area contributed by atoms with Crippen molar-refractivity contribution in [3.05, 3.63) is 66.7 Å². The number of sulfonamides is 1. The van der Waals surface area contributed by atoms with Crippen LogP contribution in [0, 0.1) is 5.82 Å². The van der Waals surface area contributed by atoms with Crippen molar-refractivity contribution < 1.29 is 22.3 Å². The van der Waals surface area contributed by atoms with E-state index in [0.29, 0.717) is 42.4 Å². The molecule has 0 amide bonds. The molecule has 0 spiro atoms. The lowest BCUT2D eigenvalue weighted by Gasteiger charge is -2.32. The van der Waals surface area contributed by atoms with Gasteiger partial charge in [-0.2, -0.15) is 0 Å². The van der Waals surface area contributed by atoms with Crippen molar-refractivity contribution >= 4 is 21.9 Å². The first-order valence-corrected chi connectivity index (χ1v) is 13.4. The van der Waals surface area contributed by atoms with Gasteiger partial charge in [-0.3, -0.25) is 9.29 Å². The number of anilines is 2. The second-order valence-corrected chi connectivity index (χ2v) is 10.6. The molecule has 1 aliphatic rings. The third-order valence-electron chi connectivity index (χ3n) is 6.26. The third-order valence-corrected chi connectivity index (χ3v) is 7.99. The number of methoxy groups -OCH3 is 2. The first-order chi connectivity index (χ1) is 18.4. The third kappa shape index (κ3) is 4.96. The number of ether oxygens (including phenoxy) is 2. The lowest BCUT2D eigenvalue weighted by Crippen LogP contribution is -2.45. The van der Waals surface area contributed by atoms with Crippen molar-refractivity contribution in [3.63, 3.8) is 0 Å². The molecule has 1 N–H and O–H groups in total. The second kappa shape index (κ2) is 10.6. The highest BCUT2D eigenvalue weighted by molar-refractivity contribution is 7.93. The van der Waals surface area contributed by atoms with Crippen LogP contribution >= 0.6 is 0 Å². The van der Waals surface area contributed by atoms with Crippen molar-refractivity contribution in [2.45, 2.75) is 18.1 Å². The van der Waals surface area contributed by atoms with Crippen molar-refractivity contribution in [2.24, 2.45) is 0 Å².